The van der Waals surface area contributed by atoms with E-state index < -0.39 is 10.0 Å². The summed E-state index contributed by atoms with van der Waals surface area (Å²) in [5, 5.41) is 0. The Morgan fingerprint density at radius 3 is 2.28 bits per heavy atom. The van der Waals surface area contributed by atoms with Crippen LogP contribution >= 0.6 is 0 Å². The summed E-state index contributed by atoms with van der Waals surface area (Å²) in [6.45, 7) is 1.23. The monoisotopic (exact) mass is 362 g/mol. The maximum Gasteiger partial charge on any atom is 0.264 e. The Morgan fingerprint density at radius 1 is 0.920 bits per heavy atom. The van der Waals surface area contributed by atoms with E-state index in [2.05, 4.69) is 4.90 Å². The molecule has 3 rings (SSSR count). The number of hydrogen-bond donors (Lipinski definition) is 0. The molecule has 25 heavy (non-hydrogen) atoms. The standard InChI is InChI=1S/C18H22N2O4S/c1-19-11-6-12-20(16-8-5-4-7-15(16)19)25(21,22)14-9-10-17(23-2)18(13-14)24-3/h4-5,7-10,13H,6,11-12H2,1-3H3. The van der Waals surface area contributed by atoms with Gasteiger partial charge in [-0.2, -0.15) is 0 Å². The van der Waals surface area contributed by atoms with Crippen molar-refractivity contribution in [3.05, 3.63) is 42.5 Å². The molecule has 1 aliphatic heterocycles. The van der Waals surface area contributed by atoms with Gasteiger partial charge in [-0.1, -0.05) is 12.1 Å². The van der Waals surface area contributed by atoms with Crippen molar-refractivity contribution in [1.29, 1.82) is 0 Å². The molecule has 1 heterocycles. The molecule has 0 bridgehead atoms. The summed E-state index contributed by atoms with van der Waals surface area (Å²) in [5.74, 6) is 0.890. The molecule has 0 fully saturated rings. The molecule has 0 aliphatic carbocycles. The highest BCUT2D eigenvalue weighted by Crippen LogP contribution is 2.37. The predicted molar refractivity (Wildman–Crippen MR) is 98.4 cm³/mol. The van der Waals surface area contributed by atoms with Crippen molar-refractivity contribution in [2.45, 2.75) is 11.3 Å². The van der Waals surface area contributed by atoms with Gasteiger partial charge in [0, 0.05) is 26.2 Å². The van der Waals surface area contributed by atoms with E-state index in [4.69, 9.17) is 9.47 Å². The first-order chi connectivity index (χ1) is 12.0. The van der Waals surface area contributed by atoms with E-state index in [-0.39, 0.29) is 4.90 Å². The molecule has 2 aromatic carbocycles. The van der Waals surface area contributed by atoms with Crippen molar-refractivity contribution in [3.8, 4) is 11.5 Å². The van der Waals surface area contributed by atoms with Crippen LogP contribution in [-0.2, 0) is 10.0 Å². The number of ether oxygens (including phenoxy) is 2. The second-order valence-electron chi connectivity index (χ2n) is 5.86. The molecule has 0 amide bonds. The Bertz CT molecular complexity index is 867. The summed E-state index contributed by atoms with van der Waals surface area (Å²) in [7, 11) is 1.28. The van der Waals surface area contributed by atoms with Gasteiger partial charge in [-0.3, -0.25) is 4.31 Å². The van der Waals surface area contributed by atoms with E-state index in [1.807, 2.05) is 31.3 Å². The third kappa shape index (κ3) is 3.11. The number of anilines is 2. The minimum Gasteiger partial charge on any atom is -0.493 e. The van der Waals surface area contributed by atoms with E-state index in [0.717, 1.165) is 18.7 Å². The summed E-state index contributed by atoms with van der Waals surface area (Å²) in [6, 6.07) is 12.2. The van der Waals surface area contributed by atoms with E-state index in [9.17, 15) is 8.42 Å². The lowest BCUT2D eigenvalue weighted by molar-refractivity contribution is 0.354. The molecule has 0 saturated heterocycles. The smallest absolute Gasteiger partial charge is 0.264 e. The van der Waals surface area contributed by atoms with Gasteiger partial charge in [0.15, 0.2) is 11.5 Å². The van der Waals surface area contributed by atoms with E-state index in [1.165, 1.54) is 24.6 Å². The second kappa shape index (κ2) is 6.84. The number of benzene rings is 2. The van der Waals surface area contributed by atoms with Crippen LogP contribution in [0.15, 0.2) is 47.4 Å². The summed E-state index contributed by atoms with van der Waals surface area (Å²) in [6.07, 6.45) is 0.748. The molecule has 0 spiro atoms. The highest BCUT2D eigenvalue weighted by molar-refractivity contribution is 7.92. The summed E-state index contributed by atoms with van der Waals surface area (Å²) >= 11 is 0. The van der Waals surface area contributed by atoms with E-state index >= 15 is 0 Å². The number of nitrogens with zero attached hydrogens (tertiary/aromatic N) is 2. The Hall–Kier alpha value is -2.41. The van der Waals surface area contributed by atoms with Crippen LogP contribution in [0.5, 0.6) is 11.5 Å². The lowest BCUT2D eigenvalue weighted by Gasteiger charge is -2.25. The predicted octanol–water partition coefficient (Wildman–Crippen LogP) is 2.74. The Labute approximate surface area is 148 Å². The van der Waals surface area contributed by atoms with Gasteiger partial charge in [0.2, 0.25) is 0 Å². The first-order valence-electron chi connectivity index (χ1n) is 8.04. The zero-order valence-electron chi connectivity index (χ0n) is 14.6. The van der Waals surface area contributed by atoms with Crippen molar-refractivity contribution in [3.63, 3.8) is 0 Å². The topological polar surface area (TPSA) is 59.1 Å². The van der Waals surface area contributed by atoms with Gasteiger partial charge in [-0.25, -0.2) is 8.42 Å². The molecule has 0 aromatic heterocycles. The number of fused-ring (bicyclic) bond motifs is 1. The van der Waals surface area contributed by atoms with Crippen LogP contribution in [0.25, 0.3) is 0 Å². The van der Waals surface area contributed by atoms with Crippen LogP contribution in [0.2, 0.25) is 0 Å². The lowest BCUT2D eigenvalue weighted by atomic mass is 10.2. The maximum atomic E-state index is 13.3. The summed E-state index contributed by atoms with van der Waals surface area (Å²) < 4.78 is 38.5. The molecule has 0 N–H and O–H groups in total. The first-order valence-corrected chi connectivity index (χ1v) is 9.48. The number of methoxy groups -OCH3 is 2. The zero-order valence-corrected chi connectivity index (χ0v) is 15.4. The molecule has 0 saturated carbocycles. The second-order valence-corrected chi connectivity index (χ2v) is 7.72. The number of sulfonamides is 1. The van der Waals surface area contributed by atoms with Gasteiger partial charge in [-0.05, 0) is 30.7 Å². The van der Waals surface area contributed by atoms with Gasteiger partial charge in [0.05, 0.1) is 30.5 Å². The Kier molecular flexibility index (Phi) is 4.76. The van der Waals surface area contributed by atoms with Crippen molar-refractivity contribution in [2.75, 3.05) is 43.6 Å². The van der Waals surface area contributed by atoms with Crippen LogP contribution in [0.3, 0.4) is 0 Å². The molecule has 2 aromatic rings. The van der Waals surface area contributed by atoms with Crippen LogP contribution in [0, 0.1) is 0 Å². The normalized spacial score (nSPS) is 14.7. The first kappa shape index (κ1) is 17.4. The van der Waals surface area contributed by atoms with Gasteiger partial charge >= 0.3 is 0 Å². The fraction of sp³-hybridized carbons (Fsp3) is 0.333. The summed E-state index contributed by atoms with van der Waals surface area (Å²) in [5.41, 5.74) is 1.60. The number of hydrogen-bond acceptors (Lipinski definition) is 5. The minimum atomic E-state index is -3.71. The largest absolute Gasteiger partial charge is 0.493 e. The van der Waals surface area contributed by atoms with Crippen molar-refractivity contribution in [2.24, 2.45) is 0 Å². The number of para-hydroxylation sites is 2. The van der Waals surface area contributed by atoms with Crippen LogP contribution in [-0.4, -0.2) is 42.8 Å². The molecule has 6 nitrogen and oxygen atoms in total. The third-order valence-electron chi connectivity index (χ3n) is 4.36. The van der Waals surface area contributed by atoms with E-state index in [0.29, 0.717) is 23.7 Å². The molecule has 1 aliphatic rings. The van der Waals surface area contributed by atoms with Crippen LogP contribution in [0.1, 0.15) is 6.42 Å². The highest BCUT2D eigenvalue weighted by atomic mass is 32.2. The average molecular weight is 362 g/mol. The van der Waals surface area contributed by atoms with Gasteiger partial charge in [0.25, 0.3) is 10.0 Å². The van der Waals surface area contributed by atoms with Crippen molar-refractivity contribution < 1.29 is 17.9 Å². The quantitative estimate of drug-likeness (QED) is 0.837. The number of rotatable bonds is 4. The molecule has 7 heteroatoms. The Morgan fingerprint density at radius 2 is 1.60 bits per heavy atom. The minimum absolute atomic E-state index is 0.185. The summed E-state index contributed by atoms with van der Waals surface area (Å²) in [4.78, 5) is 2.27. The molecule has 0 radical (unpaired) electrons. The SMILES string of the molecule is COc1ccc(S(=O)(=O)N2CCCN(C)c3ccccc32)cc1OC. The zero-order chi connectivity index (χ0) is 18.0. The molecule has 134 valence electrons. The third-order valence-corrected chi connectivity index (χ3v) is 6.17. The fourth-order valence-corrected chi connectivity index (χ4v) is 4.58. The highest BCUT2D eigenvalue weighted by Gasteiger charge is 2.30. The van der Waals surface area contributed by atoms with Gasteiger partial charge in [0.1, 0.15) is 0 Å². The van der Waals surface area contributed by atoms with Crippen LogP contribution in [0.4, 0.5) is 11.4 Å². The molecule has 0 atom stereocenters. The Balaban J connectivity index is 2.10. The average Bonchev–Trinajstić information content (AvgIpc) is 2.80. The van der Waals surface area contributed by atoms with Crippen LogP contribution < -0.4 is 18.7 Å². The maximum absolute atomic E-state index is 13.3. The van der Waals surface area contributed by atoms with Crippen molar-refractivity contribution >= 4 is 21.4 Å². The molecule has 0 unspecified atom stereocenters. The molecular formula is C18H22N2O4S. The van der Waals surface area contributed by atoms with Crippen molar-refractivity contribution in [1.82, 2.24) is 0 Å². The lowest BCUT2D eigenvalue weighted by Crippen LogP contribution is -2.31. The fourth-order valence-electron chi connectivity index (χ4n) is 3.04. The van der Waals surface area contributed by atoms with E-state index in [1.54, 1.807) is 12.1 Å². The molecular weight excluding hydrogens is 340 g/mol. The van der Waals surface area contributed by atoms with Gasteiger partial charge in [-0.15, -0.1) is 0 Å². The van der Waals surface area contributed by atoms with Gasteiger partial charge < -0.3 is 14.4 Å².